The normalized spacial score (nSPS) is 15.5. The van der Waals surface area contributed by atoms with Crippen LogP contribution in [0.2, 0.25) is 0 Å². The highest BCUT2D eigenvalue weighted by Gasteiger charge is 2.33. The number of likely N-dealkylation sites (N-methyl/N-ethyl adjacent to an activating group) is 1. The van der Waals surface area contributed by atoms with Gasteiger partial charge in [0.15, 0.2) is 6.61 Å². The van der Waals surface area contributed by atoms with E-state index in [1.165, 1.54) is 9.21 Å². The minimum atomic E-state index is -3.58. The average Bonchev–Trinajstić information content (AvgIpc) is 2.77. The van der Waals surface area contributed by atoms with Crippen LogP contribution >= 0.6 is 0 Å². The van der Waals surface area contributed by atoms with Gasteiger partial charge < -0.3 is 9.64 Å². The number of nitrogens with zero attached hydrogens (tertiary/aromatic N) is 2. The number of hydrogen-bond acceptors (Lipinski definition) is 5. The van der Waals surface area contributed by atoms with Crippen LogP contribution < -0.4 is 4.90 Å². The van der Waals surface area contributed by atoms with Gasteiger partial charge in [0, 0.05) is 25.8 Å². The summed E-state index contributed by atoms with van der Waals surface area (Å²) in [4.78, 5) is 26.3. The minimum Gasteiger partial charge on any atom is -0.455 e. The van der Waals surface area contributed by atoms with Crippen molar-refractivity contribution in [3.05, 3.63) is 60.2 Å². The van der Waals surface area contributed by atoms with Crippen molar-refractivity contribution in [2.24, 2.45) is 5.92 Å². The fraction of sp³-hybridized carbons (Fsp3) is 0.364. The number of hydrogen-bond donors (Lipinski definition) is 0. The zero-order valence-corrected chi connectivity index (χ0v) is 18.0. The zero-order chi connectivity index (χ0) is 21.7. The lowest BCUT2D eigenvalue weighted by molar-refractivity contribution is -0.153. The molecule has 1 fully saturated rings. The van der Waals surface area contributed by atoms with Crippen molar-refractivity contribution in [2.45, 2.75) is 24.7 Å². The maximum atomic E-state index is 12.8. The van der Waals surface area contributed by atoms with E-state index in [2.05, 4.69) is 0 Å². The van der Waals surface area contributed by atoms with Gasteiger partial charge in [-0.25, -0.2) is 8.42 Å². The molecule has 30 heavy (non-hydrogen) atoms. The lowest BCUT2D eigenvalue weighted by Gasteiger charge is -2.30. The Hall–Kier alpha value is -2.71. The van der Waals surface area contributed by atoms with Gasteiger partial charge >= 0.3 is 5.97 Å². The summed E-state index contributed by atoms with van der Waals surface area (Å²) in [6.07, 6.45) is 0.735. The Morgan fingerprint density at radius 1 is 1.03 bits per heavy atom. The zero-order valence-electron chi connectivity index (χ0n) is 17.2. The van der Waals surface area contributed by atoms with Crippen molar-refractivity contribution >= 4 is 27.6 Å². The summed E-state index contributed by atoms with van der Waals surface area (Å²) in [6.45, 7) is 2.05. The van der Waals surface area contributed by atoms with E-state index in [1.807, 2.05) is 25.1 Å². The molecular weight excluding hydrogens is 404 g/mol. The number of benzene rings is 2. The molecule has 7 nitrogen and oxygen atoms in total. The molecule has 0 aliphatic carbocycles. The van der Waals surface area contributed by atoms with Crippen LogP contribution in [-0.4, -0.2) is 51.3 Å². The van der Waals surface area contributed by atoms with E-state index in [0.29, 0.717) is 18.5 Å². The molecule has 0 bridgehead atoms. The van der Waals surface area contributed by atoms with E-state index >= 15 is 0 Å². The van der Waals surface area contributed by atoms with Crippen LogP contribution in [0.3, 0.4) is 0 Å². The van der Waals surface area contributed by atoms with E-state index in [9.17, 15) is 18.0 Å². The van der Waals surface area contributed by atoms with Crippen LogP contribution in [-0.2, 0) is 24.3 Å². The summed E-state index contributed by atoms with van der Waals surface area (Å²) in [6, 6.07) is 15.8. The lowest BCUT2D eigenvalue weighted by Crippen LogP contribution is -2.41. The van der Waals surface area contributed by atoms with Gasteiger partial charge in [-0.1, -0.05) is 35.9 Å². The number of carbonyl (C=O) groups is 2. The van der Waals surface area contributed by atoms with Gasteiger partial charge in [0.2, 0.25) is 10.0 Å². The lowest BCUT2D eigenvalue weighted by atomic mass is 9.98. The first-order chi connectivity index (χ1) is 14.3. The number of ether oxygens (including phenoxy) is 1. The standard InChI is InChI=1S/C22H26N2O5S/c1-17-8-10-20(11-9-17)30(27,28)24-14-12-18(13-15-24)22(26)29-16-21(25)23(2)19-6-4-3-5-7-19/h3-11,18H,12-16H2,1-2H3. The molecule has 2 aromatic carbocycles. The van der Waals surface area contributed by atoms with Crippen molar-refractivity contribution in [3.8, 4) is 0 Å². The van der Waals surface area contributed by atoms with Crippen LogP contribution in [0.1, 0.15) is 18.4 Å². The third-order valence-electron chi connectivity index (χ3n) is 5.30. The molecule has 0 radical (unpaired) electrons. The van der Waals surface area contributed by atoms with Gasteiger partial charge in [0.05, 0.1) is 10.8 Å². The Labute approximate surface area is 177 Å². The maximum Gasteiger partial charge on any atom is 0.309 e. The molecule has 2 aromatic rings. The molecule has 0 saturated carbocycles. The van der Waals surface area contributed by atoms with Crippen molar-refractivity contribution in [1.29, 1.82) is 0 Å². The minimum absolute atomic E-state index is 0.244. The van der Waals surface area contributed by atoms with Gasteiger partial charge in [0.25, 0.3) is 5.91 Å². The molecule has 1 amide bonds. The Bertz CT molecular complexity index is 982. The summed E-state index contributed by atoms with van der Waals surface area (Å²) >= 11 is 0. The molecule has 3 rings (SSSR count). The van der Waals surface area contributed by atoms with Crippen LogP contribution in [0.15, 0.2) is 59.5 Å². The molecule has 0 atom stereocenters. The van der Waals surface area contributed by atoms with Crippen molar-refractivity contribution in [1.82, 2.24) is 4.31 Å². The van der Waals surface area contributed by atoms with Gasteiger partial charge in [-0.15, -0.1) is 0 Å². The van der Waals surface area contributed by atoms with Crippen molar-refractivity contribution in [3.63, 3.8) is 0 Å². The number of esters is 1. The predicted octanol–water partition coefficient (Wildman–Crippen LogP) is 2.60. The summed E-state index contributed by atoms with van der Waals surface area (Å²) in [5, 5.41) is 0. The molecule has 1 aliphatic rings. The molecule has 0 aromatic heterocycles. The maximum absolute atomic E-state index is 12.8. The molecule has 160 valence electrons. The Balaban J connectivity index is 1.50. The number of piperidine rings is 1. The van der Waals surface area contributed by atoms with Gasteiger partial charge in [0.1, 0.15) is 0 Å². The number of aryl methyl sites for hydroxylation is 1. The van der Waals surface area contributed by atoms with E-state index in [4.69, 9.17) is 4.74 Å². The molecule has 0 N–H and O–H groups in total. The Morgan fingerprint density at radius 2 is 1.63 bits per heavy atom. The third-order valence-corrected chi connectivity index (χ3v) is 7.21. The van der Waals surface area contributed by atoms with Crippen LogP contribution in [0, 0.1) is 12.8 Å². The molecule has 1 saturated heterocycles. The summed E-state index contributed by atoms with van der Waals surface area (Å²) in [5.41, 5.74) is 1.70. The molecule has 1 heterocycles. The van der Waals surface area contributed by atoms with E-state index in [-0.39, 0.29) is 30.5 Å². The number of amides is 1. The van der Waals surface area contributed by atoms with Gasteiger partial charge in [-0.2, -0.15) is 4.31 Å². The fourth-order valence-electron chi connectivity index (χ4n) is 3.33. The number of sulfonamides is 1. The first-order valence-electron chi connectivity index (χ1n) is 9.84. The predicted molar refractivity (Wildman–Crippen MR) is 113 cm³/mol. The third kappa shape index (κ3) is 5.06. The van der Waals surface area contributed by atoms with Crippen molar-refractivity contribution < 1.29 is 22.7 Å². The Morgan fingerprint density at radius 3 is 2.23 bits per heavy atom. The second kappa shape index (κ2) is 9.40. The van der Waals surface area contributed by atoms with Crippen LogP contribution in [0.5, 0.6) is 0 Å². The molecule has 1 aliphatic heterocycles. The first kappa shape index (κ1) is 22.0. The van der Waals surface area contributed by atoms with E-state index in [0.717, 1.165) is 5.56 Å². The Kier molecular flexibility index (Phi) is 6.89. The molecule has 0 spiro atoms. The fourth-order valence-corrected chi connectivity index (χ4v) is 4.80. The SMILES string of the molecule is Cc1ccc(S(=O)(=O)N2CCC(C(=O)OCC(=O)N(C)c3ccccc3)CC2)cc1. The van der Waals surface area contributed by atoms with Crippen LogP contribution in [0.25, 0.3) is 0 Å². The number of para-hydroxylation sites is 1. The highest BCUT2D eigenvalue weighted by molar-refractivity contribution is 7.89. The molecular formula is C22H26N2O5S. The first-order valence-corrected chi connectivity index (χ1v) is 11.3. The second-order valence-electron chi connectivity index (χ2n) is 7.39. The highest BCUT2D eigenvalue weighted by atomic mass is 32.2. The topological polar surface area (TPSA) is 84.0 Å². The monoisotopic (exact) mass is 430 g/mol. The quantitative estimate of drug-likeness (QED) is 0.658. The smallest absolute Gasteiger partial charge is 0.309 e. The van der Waals surface area contributed by atoms with Crippen molar-refractivity contribution in [2.75, 3.05) is 31.6 Å². The second-order valence-corrected chi connectivity index (χ2v) is 9.33. The summed E-state index contributed by atoms with van der Waals surface area (Å²) in [5.74, 6) is -1.20. The highest BCUT2D eigenvalue weighted by Crippen LogP contribution is 2.25. The number of rotatable bonds is 6. The van der Waals surface area contributed by atoms with E-state index in [1.54, 1.807) is 43.4 Å². The molecule has 8 heteroatoms. The summed E-state index contributed by atoms with van der Waals surface area (Å²) < 4.78 is 32.1. The average molecular weight is 431 g/mol. The van der Waals surface area contributed by atoms with Gasteiger partial charge in [-0.05, 0) is 44.0 Å². The van der Waals surface area contributed by atoms with Gasteiger partial charge in [-0.3, -0.25) is 9.59 Å². The number of anilines is 1. The summed E-state index contributed by atoms with van der Waals surface area (Å²) in [7, 11) is -1.95. The van der Waals surface area contributed by atoms with Crippen LogP contribution in [0.4, 0.5) is 5.69 Å². The molecule has 0 unspecified atom stereocenters. The van der Waals surface area contributed by atoms with E-state index < -0.39 is 21.9 Å². The number of carbonyl (C=O) groups excluding carboxylic acids is 2. The largest absolute Gasteiger partial charge is 0.455 e.